The summed E-state index contributed by atoms with van der Waals surface area (Å²) in [6.45, 7) is 10.6. The molecule has 1 aromatic rings. The van der Waals surface area contributed by atoms with E-state index in [-0.39, 0.29) is 17.6 Å². The van der Waals surface area contributed by atoms with Gasteiger partial charge in [0.15, 0.2) is 0 Å². The molecule has 102 valence electrons. The van der Waals surface area contributed by atoms with Gasteiger partial charge in [-0.05, 0) is 35.8 Å². The number of nitrogens with zero attached hydrogens (tertiary/aromatic N) is 3. The first-order chi connectivity index (χ1) is 9.56. The summed E-state index contributed by atoms with van der Waals surface area (Å²) in [5.74, 6) is -0.237. The maximum Gasteiger partial charge on any atom is 0.281 e. The van der Waals surface area contributed by atoms with Crippen LogP contribution in [0.15, 0.2) is 41.8 Å². The first-order valence-corrected chi connectivity index (χ1v) is 6.12. The fraction of sp³-hybridized carbons (Fsp3) is 0.154. The number of thiocarbonyl (C=S) groups is 1. The Kier molecular flexibility index (Phi) is 3.98. The number of amidine groups is 1. The van der Waals surface area contributed by atoms with Gasteiger partial charge in [-0.1, -0.05) is 30.9 Å². The molecule has 0 saturated carbocycles. The second-order valence-electron chi connectivity index (χ2n) is 4.20. The molecule has 6 nitrogen and oxygen atoms in total. The van der Waals surface area contributed by atoms with Gasteiger partial charge in [0, 0.05) is 5.69 Å². The number of nitrogens with two attached hydrogens (primary N) is 1. The minimum atomic E-state index is -0.349. The molecule has 1 aromatic carbocycles. The van der Waals surface area contributed by atoms with E-state index in [0.29, 0.717) is 17.1 Å². The molecule has 0 amide bonds. The highest BCUT2D eigenvalue weighted by atomic mass is 32.1. The molecule has 0 aliphatic carbocycles. The topological polar surface area (TPSA) is 75.4 Å². The van der Waals surface area contributed by atoms with Crippen LogP contribution in [0.25, 0.3) is 4.85 Å². The summed E-state index contributed by atoms with van der Waals surface area (Å²) in [5, 5.41) is 13.8. The van der Waals surface area contributed by atoms with Gasteiger partial charge in [-0.25, -0.2) is 5.26 Å². The molecule has 7 heteroatoms. The highest BCUT2D eigenvalue weighted by Gasteiger charge is 2.37. The van der Waals surface area contributed by atoms with Crippen LogP contribution in [0, 0.1) is 12.5 Å². The van der Waals surface area contributed by atoms with E-state index in [1.54, 1.807) is 12.1 Å². The summed E-state index contributed by atoms with van der Waals surface area (Å²) in [6, 6.07) is 7.32. The lowest BCUT2D eigenvalue weighted by Crippen LogP contribution is -2.26. The molecule has 2 rings (SSSR count). The lowest BCUT2D eigenvalue weighted by atomic mass is 9.98. The first kappa shape index (κ1) is 14.0. The Hall–Kier alpha value is -2.43. The quantitative estimate of drug-likeness (QED) is 0.222. The average molecular weight is 288 g/mol. The summed E-state index contributed by atoms with van der Waals surface area (Å²) in [4.78, 5) is 7.76. The lowest BCUT2D eigenvalue weighted by Gasteiger charge is -2.13. The predicted molar refractivity (Wildman–Crippen MR) is 79.4 cm³/mol. The normalized spacial score (nSPS) is 17.6. The highest BCUT2D eigenvalue weighted by molar-refractivity contribution is 7.80. The molecule has 0 spiro atoms. The van der Waals surface area contributed by atoms with E-state index in [9.17, 15) is 0 Å². The van der Waals surface area contributed by atoms with Crippen molar-refractivity contribution in [2.24, 2.45) is 11.0 Å². The Morgan fingerprint density at radius 2 is 2.20 bits per heavy atom. The maximum atomic E-state index is 8.62. The average Bonchev–Trinajstić information content (AvgIpc) is 2.77. The van der Waals surface area contributed by atoms with Gasteiger partial charge in [-0.2, -0.15) is 0 Å². The smallest absolute Gasteiger partial charge is 0.281 e. The Labute approximate surface area is 121 Å². The van der Waals surface area contributed by atoms with Crippen LogP contribution in [0.4, 0.5) is 5.69 Å². The SMILES string of the molecule is [C-]#[N+]C1=NN(C(=C)OO)C(=S)C1Cc1ccc(N)cc1. The van der Waals surface area contributed by atoms with Crippen LogP contribution in [-0.4, -0.2) is 21.1 Å². The van der Waals surface area contributed by atoms with Gasteiger partial charge in [-0.3, -0.25) is 0 Å². The van der Waals surface area contributed by atoms with Crippen LogP contribution < -0.4 is 5.73 Å². The molecule has 1 heterocycles. The van der Waals surface area contributed by atoms with E-state index in [0.717, 1.165) is 10.6 Å². The minimum absolute atomic E-state index is 0.129. The van der Waals surface area contributed by atoms with Gasteiger partial charge < -0.3 is 15.5 Å². The van der Waals surface area contributed by atoms with Crippen molar-refractivity contribution in [2.45, 2.75) is 6.42 Å². The van der Waals surface area contributed by atoms with Crippen LogP contribution >= 0.6 is 12.2 Å². The Morgan fingerprint density at radius 3 is 2.75 bits per heavy atom. The molecule has 1 unspecified atom stereocenters. The van der Waals surface area contributed by atoms with Gasteiger partial charge >= 0.3 is 0 Å². The minimum Gasteiger partial charge on any atom is -0.399 e. The zero-order valence-electron chi connectivity index (χ0n) is 10.5. The third kappa shape index (κ3) is 2.61. The van der Waals surface area contributed by atoms with Crippen molar-refractivity contribution in [3.8, 4) is 0 Å². The largest absolute Gasteiger partial charge is 0.399 e. The molecule has 0 bridgehead atoms. The number of benzene rings is 1. The van der Waals surface area contributed by atoms with Crippen molar-refractivity contribution in [2.75, 3.05) is 5.73 Å². The second-order valence-corrected chi connectivity index (χ2v) is 4.62. The summed E-state index contributed by atoms with van der Waals surface area (Å²) in [5.41, 5.74) is 7.29. The van der Waals surface area contributed by atoms with Gasteiger partial charge in [0.1, 0.15) is 4.99 Å². The molecule has 0 radical (unpaired) electrons. The molecule has 20 heavy (non-hydrogen) atoms. The number of hydrogen-bond acceptors (Lipinski definition) is 5. The molecule has 1 atom stereocenters. The monoisotopic (exact) mass is 288 g/mol. The number of nitrogen functional groups attached to an aromatic ring is 1. The number of anilines is 1. The Morgan fingerprint density at radius 1 is 1.55 bits per heavy atom. The molecule has 0 fully saturated rings. The number of hydrazone groups is 1. The van der Waals surface area contributed by atoms with E-state index >= 15 is 0 Å². The predicted octanol–water partition coefficient (Wildman–Crippen LogP) is 2.26. The van der Waals surface area contributed by atoms with Crippen LogP contribution in [0.5, 0.6) is 0 Å². The summed E-state index contributed by atoms with van der Waals surface area (Å²) in [7, 11) is 0. The Balaban J connectivity index is 2.22. The molecular weight excluding hydrogens is 276 g/mol. The zero-order chi connectivity index (χ0) is 14.7. The van der Waals surface area contributed by atoms with Crippen molar-refractivity contribution in [3.05, 3.63) is 53.7 Å². The highest BCUT2D eigenvalue weighted by Crippen LogP contribution is 2.25. The second kappa shape index (κ2) is 5.69. The Bertz CT molecular complexity index is 618. The van der Waals surface area contributed by atoms with Crippen LogP contribution in [0.1, 0.15) is 5.56 Å². The van der Waals surface area contributed by atoms with Crippen molar-refractivity contribution < 1.29 is 10.1 Å². The van der Waals surface area contributed by atoms with Crippen LogP contribution in [0.3, 0.4) is 0 Å². The molecular formula is C13H12N4O2S. The molecule has 1 aliphatic rings. The fourth-order valence-electron chi connectivity index (χ4n) is 1.87. The standard InChI is InChI=1S/C13H12N4O2S/c1-8(19-18)17-13(20)11(12(15-2)16-17)7-9-3-5-10(14)6-4-9/h3-6,11,18H,1,7,14H2. The third-order valence-corrected chi connectivity index (χ3v) is 3.35. The summed E-state index contributed by atoms with van der Waals surface area (Å²) in [6.07, 6.45) is 0.523. The summed E-state index contributed by atoms with van der Waals surface area (Å²) < 4.78 is 0. The van der Waals surface area contributed by atoms with Gasteiger partial charge in [0.25, 0.3) is 11.7 Å². The van der Waals surface area contributed by atoms with Crippen LogP contribution in [-0.2, 0) is 11.3 Å². The van der Waals surface area contributed by atoms with E-state index < -0.39 is 0 Å². The molecule has 3 N–H and O–H groups in total. The number of rotatable bonds is 4. The van der Waals surface area contributed by atoms with Gasteiger partial charge in [-0.15, -0.1) is 5.01 Å². The van der Waals surface area contributed by atoms with Crippen molar-refractivity contribution in [3.63, 3.8) is 0 Å². The zero-order valence-corrected chi connectivity index (χ0v) is 11.3. The van der Waals surface area contributed by atoms with E-state index in [2.05, 4.69) is 21.4 Å². The van der Waals surface area contributed by atoms with Gasteiger partial charge in [0.2, 0.25) is 0 Å². The first-order valence-electron chi connectivity index (χ1n) is 5.71. The van der Waals surface area contributed by atoms with Crippen LogP contribution in [0.2, 0.25) is 0 Å². The van der Waals surface area contributed by atoms with E-state index in [1.807, 2.05) is 12.1 Å². The summed E-state index contributed by atoms with van der Waals surface area (Å²) >= 11 is 5.26. The molecule has 0 aromatic heterocycles. The third-order valence-electron chi connectivity index (χ3n) is 2.90. The van der Waals surface area contributed by atoms with E-state index in [4.69, 9.17) is 29.8 Å². The van der Waals surface area contributed by atoms with E-state index in [1.165, 1.54) is 0 Å². The molecule has 1 aliphatic heterocycles. The lowest BCUT2D eigenvalue weighted by molar-refractivity contribution is -0.218. The van der Waals surface area contributed by atoms with Crippen molar-refractivity contribution in [1.29, 1.82) is 0 Å². The van der Waals surface area contributed by atoms with Gasteiger partial charge in [0.05, 0.1) is 5.92 Å². The fourth-order valence-corrected chi connectivity index (χ4v) is 2.20. The number of hydrogen-bond donors (Lipinski definition) is 2. The maximum absolute atomic E-state index is 8.62. The van der Waals surface area contributed by atoms with Crippen molar-refractivity contribution in [1.82, 2.24) is 5.01 Å². The molecule has 0 saturated heterocycles. The van der Waals surface area contributed by atoms with Crippen molar-refractivity contribution >= 4 is 28.7 Å².